The molecule has 0 aliphatic heterocycles. The molecule has 0 aliphatic carbocycles. The first-order valence-corrected chi connectivity index (χ1v) is 5.26. The van der Waals surface area contributed by atoms with E-state index < -0.39 is 16.0 Å². The molecule has 0 unspecified atom stereocenters. The zero-order valence-electron chi connectivity index (χ0n) is 9.45. The number of hydrogen-bond acceptors (Lipinski definition) is 3. The summed E-state index contributed by atoms with van der Waals surface area (Å²) in [6, 6.07) is 7.38. The largest absolute Gasteiger partial charge is 0.362 e. The summed E-state index contributed by atoms with van der Waals surface area (Å²) < 4.78 is 3.19. The minimum absolute atomic E-state index is 0.241. The minimum atomic E-state index is -0.684. The van der Waals surface area contributed by atoms with Gasteiger partial charge in [0.25, 0.3) is 0 Å². The van der Waals surface area contributed by atoms with Gasteiger partial charge in [0.2, 0.25) is 5.52 Å². The average molecular weight is 245 g/mol. The van der Waals surface area contributed by atoms with E-state index in [9.17, 15) is 14.9 Å². The molecule has 0 amide bonds. The first-order valence-electron chi connectivity index (χ1n) is 5.26. The van der Waals surface area contributed by atoms with Crippen LogP contribution in [0.15, 0.2) is 35.3 Å². The van der Waals surface area contributed by atoms with Gasteiger partial charge in [0, 0.05) is 0 Å². The summed E-state index contributed by atoms with van der Waals surface area (Å²) in [4.78, 5) is 22.1. The van der Waals surface area contributed by atoms with Crippen molar-refractivity contribution >= 4 is 22.4 Å². The summed E-state index contributed by atoms with van der Waals surface area (Å²) in [7, 11) is 1.70. The lowest BCUT2D eigenvalue weighted by molar-refractivity contribution is -0.619. The summed E-state index contributed by atoms with van der Waals surface area (Å²) in [5, 5.41) is 13.5. The standard InChI is InChI=1S/C11H8N4O3/c1-13-7-4-2-3-5-8(7)14-11(13)10(16)9(6-12-14)15(17)18/h2-6H,1H3/p+1. The Labute approximate surface area is 100 Å². The molecule has 7 heteroatoms. The fourth-order valence-electron chi connectivity index (χ4n) is 2.14. The molecule has 0 saturated heterocycles. The summed E-state index contributed by atoms with van der Waals surface area (Å²) in [6.45, 7) is 0. The van der Waals surface area contributed by atoms with Crippen molar-refractivity contribution in [3.8, 4) is 0 Å². The molecule has 0 atom stereocenters. The van der Waals surface area contributed by atoms with Crippen LogP contribution in [0.25, 0.3) is 16.7 Å². The maximum atomic E-state index is 12.1. The molecular formula is C11H9N4O3+. The number of H-pyrrole nitrogens is 1. The van der Waals surface area contributed by atoms with Crippen LogP contribution in [0.3, 0.4) is 0 Å². The van der Waals surface area contributed by atoms with Gasteiger partial charge in [-0.25, -0.2) is 9.67 Å². The molecule has 0 aliphatic rings. The van der Waals surface area contributed by atoms with Gasteiger partial charge in [-0.3, -0.25) is 14.9 Å². The van der Waals surface area contributed by atoms with E-state index in [1.54, 1.807) is 16.1 Å². The van der Waals surface area contributed by atoms with Gasteiger partial charge >= 0.3 is 16.8 Å². The summed E-state index contributed by atoms with van der Waals surface area (Å²) in [6.07, 6.45) is 1.11. The van der Waals surface area contributed by atoms with Gasteiger partial charge in [0.1, 0.15) is 6.20 Å². The Morgan fingerprint density at radius 3 is 2.83 bits per heavy atom. The van der Waals surface area contributed by atoms with Crippen LogP contribution in [0.4, 0.5) is 5.69 Å². The van der Waals surface area contributed by atoms with Crippen LogP contribution < -0.4 is 10.00 Å². The predicted molar refractivity (Wildman–Crippen MR) is 63.4 cm³/mol. The highest BCUT2D eigenvalue weighted by molar-refractivity contribution is 5.75. The minimum Gasteiger partial charge on any atom is -0.273 e. The normalized spacial score (nSPS) is 11.2. The lowest BCUT2D eigenvalue weighted by Gasteiger charge is -1.90. The lowest BCUT2D eigenvalue weighted by atomic mass is 10.3. The zero-order valence-corrected chi connectivity index (χ0v) is 9.45. The number of rotatable bonds is 1. The molecule has 90 valence electrons. The Morgan fingerprint density at radius 1 is 1.39 bits per heavy atom. The zero-order chi connectivity index (χ0) is 12.9. The highest BCUT2D eigenvalue weighted by Crippen LogP contribution is 2.12. The number of hydrogen-bond donors (Lipinski definition) is 1. The topological polar surface area (TPSA) is 84.3 Å². The molecule has 0 fully saturated rings. The Bertz CT molecular complexity index is 846. The number of nitrogens with one attached hydrogen (secondary N) is 1. The van der Waals surface area contributed by atoms with Gasteiger partial charge in [0.05, 0.1) is 12.0 Å². The summed E-state index contributed by atoms with van der Waals surface area (Å²) in [5.41, 5.74) is 0.803. The molecule has 0 radical (unpaired) electrons. The number of imidazole rings is 1. The van der Waals surface area contributed by atoms with E-state index in [2.05, 4.69) is 5.10 Å². The van der Waals surface area contributed by atoms with E-state index >= 15 is 0 Å². The van der Waals surface area contributed by atoms with Gasteiger partial charge in [-0.05, 0) is 12.1 Å². The van der Waals surface area contributed by atoms with Crippen LogP contribution in [0.5, 0.6) is 0 Å². The second-order valence-corrected chi connectivity index (χ2v) is 3.95. The number of aryl methyl sites for hydroxylation is 1. The van der Waals surface area contributed by atoms with Gasteiger partial charge in [0.15, 0.2) is 5.52 Å². The molecule has 18 heavy (non-hydrogen) atoms. The number of nitro groups is 1. The quantitative estimate of drug-likeness (QED) is 0.385. The number of aromatic amines is 1. The van der Waals surface area contributed by atoms with Crippen LogP contribution in [-0.4, -0.2) is 14.5 Å². The van der Waals surface area contributed by atoms with E-state index in [1.165, 1.54) is 0 Å². The van der Waals surface area contributed by atoms with Crippen LogP contribution in [-0.2, 0) is 7.05 Å². The molecule has 0 bridgehead atoms. The summed E-state index contributed by atoms with van der Waals surface area (Å²) in [5.74, 6) is 0. The van der Waals surface area contributed by atoms with E-state index in [-0.39, 0.29) is 5.65 Å². The van der Waals surface area contributed by atoms with Crippen molar-refractivity contribution in [2.45, 2.75) is 0 Å². The number of nitrogens with zero attached hydrogens (tertiary/aromatic N) is 3. The second-order valence-electron chi connectivity index (χ2n) is 3.95. The highest BCUT2D eigenvalue weighted by atomic mass is 16.6. The third-order valence-electron chi connectivity index (χ3n) is 2.98. The van der Waals surface area contributed by atoms with Crippen molar-refractivity contribution in [2.75, 3.05) is 0 Å². The molecular weight excluding hydrogens is 236 g/mol. The SMILES string of the molecule is C[n+]1c2ccccc2n2[nH]cc([N+](=O)[O-])c(=O)c21. The van der Waals surface area contributed by atoms with Crippen molar-refractivity contribution in [3.05, 3.63) is 50.8 Å². The fourth-order valence-corrected chi connectivity index (χ4v) is 2.14. The van der Waals surface area contributed by atoms with Crippen molar-refractivity contribution in [3.63, 3.8) is 0 Å². The molecule has 3 aromatic rings. The van der Waals surface area contributed by atoms with E-state index in [4.69, 9.17) is 0 Å². The van der Waals surface area contributed by atoms with E-state index in [1.807, 2.05) is 24.3 Å². The monoisotopic (exact) mass is 245 g/mol. The Hall–Kier alpha value is -2.70. The van der Waals surface area contributed by atoms with Crippen LogP contribution in [0.1, 0.15) is 0 Å². The van der Waals surface area contributed by atoms with Gasteiger partial charge in [-0.2, -0.15) is 0 Å². The molecule has 2 aromatic heterocycles. The fraction of sp³-hybridized carbons (Fsp3) is 0.0909. The van der Waals surface area contributed by atoms with Crippen molar-refractivity contribution in [1.82, 2.24) is 9.61 Å². The molecule has 2 heterocycles. The van der Waals surface area contributed by atoms with Crippen LogP contribution in [0.2, 0.25) is 0 Å². The van der Waals surface area contributed by atoms with Crippen molar-refractivity contribution in [2.24, 2.45) is 7.05 Å². The number of benzene rings is 1. The van der Waals surface area contributed by atoms with Crippen molar-refractivity contribution in [1.29, 1.82) is 0 Å². The summed E-state index contributed by atoms with van der Waals surface area (Å²) >= 11 is 0. The molecule has 0 spiro atoms. The molecule has 1 aromatic carbocycles. The average Bonchev–Trinajstić information content (AvgIpc) is 2.65. The third kappa shape index (κ3) is 1.18. The van der Waals surface area contributed by atoms with E-state index in [0.717, 1.165) is 17.2 Å². The maximum absolute atomic E-state index is 12.1. The Balaban J connectivity index is 2.61. The molecule has 7 nitrogen and oxygen atoms in total. The van der Waals surface area contributed by atoms with Crippen LogP contribution >= 0.6 is 0 Å². The van der Waals surface area contributed by atoms with Crippen molar-refractivity contribution < 1.29 is 9.49 Å². The second kappa shape index (κ2) is 3.39. The highest BCUT2D eigenvalue weighted by Gasteiger charge is 2.26. The maximum Gasteiger partial charge on any atom is 0.362 e. The molecule has 0 saturated carbocycles. The van der Waals surface area contributed by atoms with Gasteiger partial charge in [-0.15, -0.1) is 4.52 Å². The molecule has 1 N–H and O–H groups in total. The van der Waals surface area contributed by atoms with Crippen LogP contribution in [0, 0.1) is 10.1 Å². The third-order valence-corrected chi connectivity index (χ3v) is 2.98. The predicted octanol–water partition coefficient (Wildman–Crippen LogP) is 0.513. The Kier molecular flexibility index (Phi) is 1.97. The number of aromatic nitrogens is 3. The Morgan fingerprint density at radius 2 is 2.11 bits per heavy atom. The van der Waals surface area contributed by atoms with E-state index in [0.29, 0.717) is 0 Å². The number of para-hydroxylation sites is 2. The smallest absolute Gasteiger partial charge is 0.273 e. The van der Waals surface area contributed by atoms with Gasteiger partial charge < -0.3 is 0 Å². The first kappa shape index (κ1) is 10.5. The molecule has 3 rings (SSSR count). The number of fused-ring (bicyclic) bond motifs is 3. The lowest BCUT2D eigenvalue weighted by Crippen LogP contribution is -2.33. The van der Waals surface area contributed by atoms with Gasteiger partial charge in [-0.1, -0.05) is 12.1 Å². The first-order chi connectivity index (χ1) is 8.61.